The molecule has 0 saturated heterocycles. The summed E-state index contributed by atoms with van der Waals surface area (Å²) in [7, 11) is -0.0592. The maximum absolute atomic E-state index is 11.7. The number of aliphatic carboxylic acids is 1. The Morgan fingerprint density at radius 2 is 1.88 bits per heavy atom. The second kappa shape index (κ2) is 6.62. The van der Waals surface area contributed by atoms with Crippen molar-refractivity contribution >= 4 is 22.7 Å². The molecule has 0 aliphatic heterocycles. The van der Waals surface area contributed by atoms with E-state index < -0.39 is 22.0 Å². The van der Waals surface area contributed by atoms with E-state index in [0.29, 0.717) is 6.54 Å². The molecule has 2 atom stereocenters. The minimum Gasteiger partial charge on any atom is -0.480 e. The van der Waals surface area contributed by atoms with Crippen LogP contribution in [-0.4, -0.2) is 50.7 Å². The van der Waals surface area contributed by atoms with Crippen LogP contribution in [0.3, 0.4) is 0 Å². The Morgan fingerprint density at radius 1 is 1.38 bits per heavy atom. The normalized spacial score (nSPS) is 14.6. The number of carboxylic acid groups (broad SMARTS) is 1. The van der Waals surface area contributed by atoms with Crippen LogP contribution in [0.4, 0.5) is 0 Å². The van der Waals surface area contributed by atoms with Gasteiger partial charge in [-0.2, -0.15) is 0 Å². The van der Waals surface area contributed by atoms with Gasteiger partial charge in [-0.25, -0.2) is 0 Å². The fourth-order valence-corrected chi connectivity index (χ4v) is 2.67. The predicted molar refractivity (Wildman–Crippen MR) is 62.6 cm³/mol. The second-order valence-corrected chi connectivity index (χ2v) is 5.49. The molecule has 0 rings (SSSR count). The fraction of sp³-hybridized carbons (Fsp3) is 0.800. The first-order valence-electron chi connectivity index (χ1n) is 5.15. The summed E-state index contributed by atoms with van der Waals surface area (Å²) < 4.78 is 11.7. The number of amides is 1. The quantitative estimate of drug-likeness (QED) is 0.735. The highest BCUT2D eigenvalue weighted by Gasteiger charge is 2.29. The van der Waals surface area contributed by atoms with Crippen LogP contribution in [0.1, 0.15) is 20.8 Å². The summed E-state index contributed by atoms with van der Waals surface area (Å²) in [6, 6.07) is 0. The Balaban J connectivity index is 4.55. The number of carbonyl (C=O) groups is 2. The molecule has 1 N–H and O–H groups in total. The van der Waals surface area contributed by atoms with E-state index in [1.165, 1.54) is 4.90 Å². The molecule has 0 aromatic rings. The lowest BCUT2D eigenvalue weighted by molar-refractivity contribution is -0.137. The summed E-state index contributed by atoms with van der Waals surface area (Å²) in [5, 5.41) is 7.93. The zero-order valence-electron chi connectivity index (χ0n) is 10.1. The zero-order chi connectivity index (χ0) is 12.9. The van der Waals surface area contributed by atoms with Crippen LogP contribution in [0.15, 0.2) is 0 Å². The Morgan fingerprint density at radius 3 is 2.19 bits per heavy atom. The number of rotatable bonds is 6. The van der Waals surface area contributed by atoms with Crippen molar-refractivity contribution in [1.82, 2.24) is 4.90 Å². The Hall–Kier alpha value is -0.910. The summed E-state index contributed by atoms with van der Waals surface area (Å²) in [5.41, 5.74) is 0. The standard InChI is InChI=1S/C10H19NO4S/c1-5-11(4)8(12)6-16(15)9(7(2)3)10(13)14/h7,9H,5-6H2,1-4H3,(H,13,14). The molecule has 2 unspecified atom stereocenters. The van der Waals surface area contributed by atoms with E-state index in [9.17, 15) is 13.8 Å². The predicted octanol–water partition coefficient (Wildman–Crippen LogP) is 0.323. The number of nitrogens with zero attached hydrogens (tertiary/aromatic N) is 1. The molecule has 0 aliphatic rings. The van der Waals surface area contributed by atoms with Gasteiger partial charge in [-0.15, -0.1) is 0 Å². The van der Waals surface area contributed by atoms with Crippen LogP contribution in [-0.2, 0) is 20.4 Å². The average molecular weight is 249 g/mol. The molecule has 6 heteroatoms. The Kier molecular flexibility index (Phi) is 6.25. The van der Waals surface area contributed by atoms with Crippen LogP contribution in [0.25, 0.3) is 0 Å². The number of hydrogen-bond donors (Lipinski definition) is 1. The number of carboxylic acids is 1. The molecule has 0 saturated carbocycles. The van der Waals surface area contributed by atoms with Crippen LogP contribution < -0.4 is 0 Å². The lowest BCUT2D eigenvalue weighted by Crippen LogP contribution is -2.38. The van der Waals surface area contributed by atoms with Gasteiger partial charge < -0.3 is 10.0 Å². The molecule has 0 spiro atoms. The first-order chi connectivity index (χ1) is 7.31. The smallest absolute Gasteiger partial charge is 0.319 e. The fourth-order valence-electron chi connectivity index (χ4n) is 1.20. The summed E-state index contributed by atoms with van der Waals surface area (Å²) in [5.74, 6) is -1.87. The molecule has 0 aromatic heterocycles. The van der Waals surface area contributed by atoms with Gasteiger partial charge in [-0.1, -0.05) is 13.8 Å². The first-order valence-corrected chi connectivity index (χ1v) is 6.53. The molecule has 0 bridgehead atoms. The Labute approximate surface area is 98.3 Å². The highest BCUT2D eigenvalue weighted by molar-refractivity contribution is 7.87. The minimum absolute atomic E-state index is 0.223. The summed E-state index contributed by atoms with van der Waals surface area (Å²) in [6.45, 7) is 5.70. The summed E-state index contributed by atoms with van der Waals surface area (Å²) in [4.78, 5) is 23.8. The van der Waals surface area contributed by atoms with Gasteiger partial charge >= 0.3 is 5.97 Å². The van der Waals surface area contributed by atoms with Gasteiger partial charge in [0, 0.05) is 24.4 Å². The lowest BCUT2D eigenvalue weighted by atomic mass is 10.1. The highest BCUT2D eigenvalue weighted by atomic mass is 32.2. The van der Waals surface area contributed by atoms with Crippen molar-refractivity contribution in [3.63, 3.8) is 0 Å². The van der Waals surface area contributed by atoms with Gasteiger partial charge in [-0.3, -0.25) is 13.8 Å². The maximum atomic E-state index is 11.7. The molecule has 0 fully saturated rings. The topological polar surface area (TPSA) is 74.7 Å². The lowest BCUT2D eigenvalue weighted by Gasteiger charge is -2.18. The Bertz CT molecular complexity index is 291. The van der Waals surface area contributed by atoms with Crippen molar-refractivity contribution in [3.05, 3.63) is 0 Å². The molecule has 94 valence electrons. The zero-order valence-corrected chi connectivity index (χ0v) is 10.9. The van der Waals surface area contributed by atoms with E-state index in [-0.39, 0.29) is 17.6 Å². The van der Waals surface area contributed by atoms with Gasteiger partial charge in [-0.05, 0) is 12.8 Å². The van der Waals surface area contributed by atoms with Gasteiger partial charge in [0.1, 0.15) is 11.0 Å². The van der Waals surface area contributed by atoms with Gasteiger partial charge in [0.05, 0.1) is 0 Å². The number of hydrogen-bond acceptors (Lipinski definition) is 3. The van der Waals surface area contributed by atoms with Crippen molar-refractivity contribution < 1.29 is 18.9 Å². The third-order valence-electron chi connectivity index (χ3n) is 2.30. The monoisotopic (exact) mass is 249 g/mol. The van der Waals surface area contributed by atoms with Gasteiger partial charge in [0.25, 0.3) is 0 Å². The molecular weight excluding hydrogens is 230 g/mol. The van der Waals surface area contributed by atoms with E-state index in [0.717, 1.165) is 0 Å². The SMILES string of the molecule is CCN(C)C(=O)CS(=O)C(C(=O)O)C(C)C. The van der Waals surface area contributed by atoms with Crippen molar-refractivity contribution in [2.45, 2.75) is 26.0 Å². The van der Waals surface area contributed by atoms with Gasteiger partial charge in [0.15, 0.2) is 0 Å². The maximum Gasteiger partial charge on any atom is 0.319 e. The van der Waals surface area contributed by atoms with Crippen LogP contribution in [0.5, 0.6) is 0 Å². The molecule has 1 amide bonds. The van der Waals surface area contributed by atoms with Gasteiger partial charge in [0.2, 0.25) is 5.91 Å². The minimum atomic E-state index is -1.66. The molecular formula is C10H19NO4S. The van der Waals surface area contributed by atoms with Crippen LogP contribution in [0.2, 0.25) is 0 Å². The summed E-state index contributed by atoms with van der Waals surface area (Å²) in [6.07, 6.45) is 0. The first kappa shape index (κ1) is 15.1. The number of carbonyl (C=O) groups excluding carboxylic acids is 1. The van der Waals surface area contributed by atoms with Crippen LogP contribution >= 0.6 is 0 Å². The van der Waals surface area contributed by atoms with Crippen LogP contribution in [0, 0.1) is 5.92 Å². The van der Waals surface area contributed by atoms with Crippen molar-refractivity contribution in [2.75, 3.05) is 19.3 Å². The van der Waals surface area contributed by atoms with E-state index in [1.807, 2.05) is 0 Å². The third-order valence-corrected chi connectivity index (χ3v) is 4.14. The third kappa shape index (κ3) is 4.30. The molecule has 0 aromatic carbocycles. The molecule has 0 aliphatic carbocycles. The van der Waals surface area contributed by atoms with Crippen molar-refractivity contribution in [2.24, 2.45) is 5.92 Å². The van der Waals surface area contributed by atoms with E-state index >= 15 is 0 Å². The molecule has 0 radical (unpaired) electrons. The summed E-state index contributed by atoms with van der Waals surface area (Å²) >= 11 is 0. The largest absolute Gasteiger partial charge is 0.480 e. The van der Waals surface area contributed by atoms with E-state index in [2.05, 4.69) is 0 Å². The highest BCUT2D eigenvalue weighted by Crippen LogP contribution is 2.10. The van der Waals surface area contributed by atoms with Crippen molar-refractivity contribution in [1.29, 1.82) is 0 Å². The second-order valence-electron chi connectivity index (χ2n) is 3.94. The van der Waals surface area contributed by atoms with Crippen molar-refractivity contribution in [3.8, 4) is 0 Å². The molecule has 0 heterocycles. The van der Waals surface area contributed by atoms with E-state index in [4.69, 9.17) is 5.11 Å². The van der Waals surface area contributed by atoms with E-state index in [1.54, 1.807) is 27.8 Å². The molecule has 16 heavy (non-hydrogen) atoms. The average Bonchev–Trinajstić information content (AvgIpc) is 2.14. The molecule has 5 nitrogen and oxygen atoms in total.